The summed E-state index contributed by atoms with van der Waals surface area (Å²) in [6.07, 6.45) is 1.69. The lowest BCUT2D eigenvalue weighted by Crippen LogP contribution is -2.44. The van der Waals surface area contributed by atoms with Crippen LogP contribution in [0.25, 0.3) is 0 Å². The van der Waals surface area contributed by atoms with Gasteiger partial charge < -0.3 is 20.9 Å². The number of carbonyl (C=O) groups excluding carboxylic acids is 1. The van der Waals surface area contributed by atoms with Gasteiger partial charge in [-0.2, -0.15) is 0 Å². The first-order chi connectivity index (χ1) is 12.1. The van der Waals surface area contributed by atoms with Gasteiger partial charge >= 0.3 is 0 Å². The van der Waals surface area contributed by atoms with E-state index >= 15 is 0 Å². The Balaban J connectivity index is 1.44. The molecule has 0 saturated carbocycles. The molecule has 0 unspecified atom stereocenters. The Morgan fingerprint density at radius 3 is 2.60 bits per heavy atom. The maximum absolute atomic E-state index is 12.2. The first kappa shape index (κ1) is 17.7. The molecule has 25 heavy (non-hydrogen) atoms. The summed E-state index contributed by atoms with van der Waals surface area (Å²) in [6, 6.07) is 7.89. The zero-order chi connectivity index (χ0) is 17.6. The molecule has 2 heterocycles. The fourth-order valence-corrected chi connectivity index (χ4v) is 3.50. The molecule has 0 aliphatic carbocycles. The van der Waals surface area contributed by atoms with Crippen molar-refractivity contribution in [1.82, 2.24) is 15.2 Å². The van der Waals surface area contributed by atoms with Crippen molar-refractivity contribution in [2.24, 2.45) is 0 Å². The van der Waals surface area contributed by atoms with Crippen molar-refractivity contribution in [2.45, 2.75) is 12.8 Å². The van der Waals surface area contributed by atoms with Crippen LogP contribution in [-0.2, 0) is 6.42 Å². The van der Waals surface area contributed by atoms with Gasteiger partial charge in [0.2, 0.25) is 0 Å². The highest BCUT2D eigenvalue weighted by Gasteiger charge is 2.14. The number of nitrogen functional groups attached to an aromatic ring is 1. The minimum absolute atomic E-state index is 0.0253. The minimum Gasteiger partial charge on any atom is -0.375 e. The van der Waals surface area contributed by atoms with Crippen LogP contribution in [0.1, 0.15) is 22.5 Å². The van der Waals surface area contributed by atoms with Crippen LogP contribution < -0.4 is 16.0 Å². The molecule has 1 amide bonds. The molecule has 3 N–H and O–H groups in total. The molecule has 1 aromatic heterocycles. The van der Waals surface area contributed by atoms with Gasteiger partial charge in [-0.15, -0.1) is 11.3 Å². The summed E-state index contributed by atoms with van der Waals surface area (Å²) in [5, 5.41) is 5.53. The number of anilines is 2. The maximum Gasteiger partial charge on any atom is 0.251 e. The number of carbonyl (C=O) groups is 1. The number of hydrogen-bond donors (Lipinski definition) is 2. The maximum atomic E-state index is 12.2. The van der Waals surface area contributed by atoms with Gasteiger partial charge in [0.25, 0.3) is 5.91 Å². The smallest absolute Gasteiger partial charge is 0.251 e. The number of nitrogens with two attached hydrogens (primary N) is 1. The molecular formula is C18H25N5OS. The van der Waals surface area contributed by atoms with Crippen LogP contribution in [0.15, 0.2) is 29.6 Å². The fourth-order valence-electron chi connectivity index (χ4n) is 2.90. The Labute approximate surface area is 152 Å². The number of nitrogens with one attached hydrogen (secondary N) is 1. The summed E-state index contributed by atoms with van der Waals surface area (Å²) in [5.41, 5.74) is 8.50. The highest BCUT2D eigenvalue weighted by molar-refractivity contribution is 7.13. The van der Waals surface area contributed by atoms with Gasteiger partial charge in [-0.05, 0) is 44.2 Å². The van der Waals surface area contributed by atoms with Crippen molar-refractivity contribution >= 4 is 28.1 Å². The van der Waals surface area contributed by atoms with Crippen molar-refractivity contribution in [3.63, 3.8) is 0 Å². The van der Waals surface area contributed by atoms with Crippen LogP contribution in [-0.4, -0.2) is 55.6 Å². The topological polar surface area (TPSA) is 74.5 Å². The molecule has 2 aromatic rings. The summed E-state index contributed by atoms with van der Waals surface area (Å²) in [5.74, 6) is -0.0253. The summed E-state index contributed by atoms with van der Waals surface area (Å²) in [7, 11) is 2.15. The Morgan fingerprint density at radius 2 is 1.96 bits per heavy atom. The van der Waals surface area contributed by atoms with Crippen molar-refractivity contribution < 1.29 is 4.79 Å². The Morgan fingerprint density at radius 1 is 1.24 bits per heavy atom. The highest BCUT2D eigenvalue weighted by Crippen LogP contribution is 2.17. The predicted octanol–water partition coefficient (Wildman–Crippen LogP) is 1.84. The number of nitrogens with zero attached hydrogens (tertiary/aromatic N) is 3. The second kappa shape index (κ2) is 8.31. The number of likely N-dealkylation sites (N-methyl/N-ethyl adjacent to an activating group) is 1. The molecule has 3 rings (SSSR count). The van der Waals surface area contributed by atoms with E-state index in [1.165, 1.54) is 17.0 Å². The van der Waals surface area contributed by atoms with Gasteiger partial charge in [-0.25, -0.2) is 4.98 Å². The van der Waals surface area contributed by atoms with Crippen LogP contribution in [0.5, 0.6) is 0 Å². The third-order valence-electron chi connectivity index (χ3n) is 4.46. The van der Waals surface area contributed by atoms with Crippen molar-refractivity contribution in [2.75, 3.05) is 50.4 Å². The molecule has 1 aromatic carbocycles. The normalized spacial score (nSPS) is 15.3. The molecule has 1 aliphatic rings. The minimum atomic E-state index is -0.0253. The van der Waals surface area contributed by atoms with Gasteiger partial charge in [-0.3, -0.25) is 4.79 Å². The number of thiazole rings is 1. The molecule has 1 aliphatic heterocycles. The number of benzene rings is 1. The molecule has 7 heteroatoms. The predicted molar refractivity (Wildman–Crippen MR) is 103 cm³/mol. The highest BCUT2D eigenvalue weighted by atomic mass is 32.1. The number of piperazine rings is 1. The van der Waals surface area contributed by atoms with Crippen LogP contribution >= 0.6 is 11.3 Å². The lowest BCUT2D eigenvalue weighted by molar-refractivity contribution is 0.0953. The average Bonchev–Trinajstić information content (AvgIpc) is 3.05. The molecule has 6 nitrogen and oxygen atoms in total. The van der Waals surface area contributed by atoms with E-state index in [9.17, 15) is 4.79 Å². The van der Waals surface area contributed by atoms with E-state index in [-0.39, 0.29) is 5.91 Å². The van der Waals surface area contributed by atoms with Gasteiger partial charge in [-0.1, -0.05) is 0 Å². The molecule has 0 radical (unpaired) electrons. The molecule has 0 atom stereocenters. The molecule has 1 fully saturated rings. The second-order valence-corrected chi connectivity index (χ2v) is 7.26. The van der Waals surface area contributed by atoms with Crippen LogP contribution in [0.2, 0.25) is 0 Å². The van der Waals surface area contributed by atoms with Gasteiger partial charge in [0.05, 0.1) is 5.69 Å². The third-order valence-corrected chi connectivity index (χ3v) is 5.19. The standard InChI is InChI=1S/C18H25N5OS/c1-22-9-11-23(12-10-22)16-6-4-14(5-7-16)17(24)20-8-2-3-15-13-25-18(19)21-15/h4-7,13H,2-3,8-12H2,1H3,(H2,19,21)(H,20,24). The number of aryl methyl sites for hydroxylation is 1. The fraction of sp³-hybridized carbons (Fsp3) is 0.444. The van der Waals surface area contributed by atoms with Crippen LogP contribution in [0.3, 0.4) is 0 Å². The van der Waals surface area contributed by atoms with E-state index in [4.69, 9.17) is 5.73 Å². The second-order valence-electron chi connectivity index (χ2n) is 6.37. The lowest BCUT2D eigenvalue weighted by atomic mass is 10.1. The molecule has 1 saturated heterocycles. The zero-order valence-electron chi connectivity index (χ0n) is 14.6. The summed E-state index contributed by atoms with van der Waals surface area (Å²) in [4.78, 5) is 21.1. The average molecular weight is 359 g/mol. The number of amides is 1. The van der Waals surface area contributed by atoms with Crippen molar-refractivity contribution in [1.29, 1.82) is 0 Å². The Bertz CT molecular complexity index is 692. The number of hydrogen-bond acceptors (Lipinski definition) is 6. The van der Waals surface area contributed by atoms with Crippen molar-refractivity contribution in [3.05, 3.63) is 40.9 Å². The van der Waals surface area contributed by atoms with Gasteiger partial charge in [0, 0.05) is 49.4 Å². The lowest BCUT2D eigenvalue weighted by Gasteiger charge is -2.34. The SMILES string of the molecule is CN1CCN(c2ccc(C(=O)NCCCc3csc(N)n3)cc2)CC1. The Kier molecular flexibility index (Phi) is 5.88. The van der Waals surface area contributed by atoms with Gasteiger partial charge in [0.1, 0.15) is 0 Å². The monoisotopic (exact) mass is 359 g/mol. The molecule has 0 spiro atoms. The Hall–Kier alpha value is -2.12. The summed E-state index contributed by atoms with van der Waals surface area (Å²) in [6.45, 7) is 4.85. The molecular weight excluding hydrogens is 334 g/mol. The van der Waals surface area contributed by atoms with Crippen molar-refractivity contribution in [3.8, 4) is 0 Å². The van der Waals surface area contributed by atoms with E-state index in [1.807, 2.05) is 29.6 Å². The van der Waals surface area contributed by atoms with E-state index < -0.39 is 0 Å². The molecule has 0 bridgehead atoms. The largest absolute Gasteiger partial charge is 0.375 e. The van der Waals surface area contributed by atoms with E-state index in [0.717, 1.165) is 44.7 Å². The van der Waals surface area contributed by atoms with E-state index in [1.54, 1.807) is 0 Å². The van der Waals surface area contributed by atoms with Crippen LogP contribution in [0.4, 0.5) is 10.8 Å². The zero-order valence-corrected chi connectivity index (χ0v) is 15.4. The number of aromatic nitrogens is 1. The first-order valence-corrected chi connectivity index (χ1v) is 9.51. The van der Waals surface area contributed by atoms with Crippen LogP contribution in [0, 0.1) is 0 Å². The van der Waals surface area contributed by atoms with E-state index in [0.29, 0.717) is 17.2 Å². The first-order valence-electron chi connectivity index (χ1n) is 8.63. The molecule has 134 valence electrons. The van der Waals surface area contributed by atoms with E-state index in [2.05, 4.69) is 27.1 Å². The summed E-state index contributed by atoms with van der Waals surface area (Å²) >= 11 is 1.45. The van der Waals surface area contributed by atoms with Gasteiger partial charge in [0.15, 0.2) is 5.13 Å². The summed E-state index contributed by atoms with van der Waals surface area (Å²) < 4.78 is 0. The third kappa shape index (κ3) is 4.93. The quantitative estimate of drug-likeness (QED) is 0.770. The number of rotatable bonds is 6.